The number of nitrogen functional groups attached to an aromatic ring is 1. The summed E-state index contributed by atoms with van der Waals surface area (Å²) in [5, 5.41) is 3.77. The fourth-order valence-corrected chi connectivity index (χ4v) is 1.80. The average Bonchev–Trinajstić information content (AvgIpc) is 2.62. The van der Waals surface area contributed by atoms with Crippen LogP contribution in [0.3, 0.4) is 0 Å². The van der Waals surface area contributed by atoms with Crippen LogP contribution in [-0.4, -0.2) is 35.2 Å². The third-order valence-electron chi connectivity index (χ3n) is 2.44. The summed E-state index contributed by atoms with van der Waals surface area (Å²) in [7, 11) is 2.13. The van der Waals surface area contributed by atoms with E-state index in [9.17, 15) is 0 Å². The summed E-state index contributed by atoms with van der Waals surface area (Å²) in [5.74, 6) is 1.39. The first-order valence-corrected chi connectivity index (χ1v) is 4.50. The standard InChI is InChI=1S/C8H14N4O/c1-12-3-2-6(5-12)4-7-10-8(9)13-11-7/h6H,2-5H2,1H3,(H2,9,10,11). The van der Waals surface area contributed by atoms with Crippen LogP contribution >= 0.6 is 0 Å². The zero-order chi connectivity index (χ0) is 9.26. The number of rotatable bonds is 2. The molecule has 72 valence electrons. The van der Waals surface area contributed by atoms with E-state index in [4.69, 9.17) is 10.3 Å². The van der Waals surface area contributed by atoms with Gasteiger partial charge in [-0.1, -0.05) is 5.16 Å². The molecule has 0 saturated carbocycles. The summed E-state index contributed by atoms with van der Waals surface area (Å²) in [6.45, 7) is 2.28. The van der Waals surface area contributed by atoms with Gasteiger partial charge in [0.2, 0.25) is 0 Å². The van der Waals surface area contributed by atoms with Crippen molar-refractivity contribution in [2.24, 2.45) is 5.92 Å². The highest BCUT2D eigenvalue weighted by Crippen LogP contribution is 2.18. The van der Waals surface area contributed by atoms with Crippen molar-refractivity contribution in [3.63, 3.8) is 0 Å². The van der Waals surface area contributed by atoms with Crippen LogP contribution in [0.1, 0.15) is 12.2 Å². The molecule has 0 amide bonds. The summed E-state index contributed by atoms with van der Waals surface area (Å²) in [6, 6.07) is 0.168. The minimum absolute atomic E-state index is 0.168. The molecular formula is C8H14N4O. The largest absolute Gasteiger partial charge is 0.351 e. The minimum Gasteiger partial charge on any atom is -0.351 e. The fourth-order valence-electron chi connectivity index (χ4n) is 1.80. The Bertz CT molecular complexity index is 285. The van der Waals surface area contributed by atoms with E-state index < -0.39 is 0 Å². The molecule has 5 heteroatoms. The van der Waals surface area contributed by atoms with Crippen molar-refractivity contribution in [2.75, 3.05) is 25.9 Å². The van der Waals surface area contributed by atoms with Gasteiger partial charge < -0.3 is 15.2 Å². The van der Waals surface area contributed by atoms with Crippen LogP contribution in [0.5, 0.6) is 0 Å². The minimum atomic E-state index is 0.168. The second-order valence-electron chi connectivity index (χ2n) is 3.67. The van der Waals surface area contributed by atoms with Gasteiger partial charge in [-0.15, -0.1) is 0 Å². The highest BCUT2D eigenvalue weighted by molar-refractivity contribution is 5.07. The molecule has 1 atom stereocenters. The number of hydrogen-bond donors (Lipinski definition) is 1. The van der Waals surface area contributed by atoms with Crippen LogP contribution in [0.15, 0.2) is 4.52 Å². The lowest BCUT2D eigenvalue weighted by Crippen LogP contribution is -2.15. The van der Waals surface area contributed by atoms with Crippen molar-refractivity contribution in [1.29, 1.82) is 0 Å². The van der Waals surface area contributed by atoms with Gasteiger partial charge in [-0.05, 0) is 25.9 Å². The Morgan fingerprint density at radius 3 is 3.08 bits per heavy atom. The molecule has 13 heavy (non-hydrogen) atoms. The summed E-state index contributed by atoms with van der Waals surface area (Å²) in [6.07, 6.45) is 2.09. The fraction of sp³-hybridized carbons (Fsp3) is 0.750. The van der Waals surface area contributed by atoms with E-state index in [1.54, 1.807) is 0 Å². The van der Waals surface area contributed by atoms with Gasteiger partial charge in [-0.3, -0.25) is 0 Å². The highest BCUT2D eigenvalue weighted by atomic mass is 16.5. The maximum Gasteiger partial charge on any atom is 0.318 e. The lowest BCUT2D eigenvalue weighted by atomic mass is 10.1. The van der Waals surface area contributed by atoms with E-state index in [1.165, 1.54) is 6.42 Å². The van der Waals surface area contributed by atoms with Crippen LogP contribution in [0.2, 0.25) is 0 Å². The molecule has 1 fully saturated rings. The molecular weight excluding hydrogens is 168 g/mol. The van der Waals surface area contributed by atoms with Gasteiger partial charge >= 0.3 is 6.01 Å². The number of aromatic nitrogens is 2. The molecule has 0 aliphatic carbocycles. The first-order chi connectivity index (χ1) is 6.24. The van der Waals surface area contributed by atoms with Crippen molar-refractivity contribution in [2.45, 2.75) is 12.8 Å². The maximum absolute atomic E-state index is 5.33. The van der Waals surface area contributed by atoms with E-state index in [0.29, 0.717) is 5.92 Å². The summed E-state index contributed by atoms with van der Waals surface area (Å²) < 4.78 is 4.70. The van der Waals surface area contributed by atoms with Gasteiger partial charge in [-0.2, -0.15) is 4.98 Å². The molecule has 2 rings (SSSR count). The molecule has 1 aliphatic heterocycles. The lowest BCUT2D eigenvalue weighted by molar-refractivity contribution is 0.386. The molecule has 1 aliphatic rings. The van der Waals surface area contributed by atoms with Crippen molar-refractivity contribution in [1.82, 2.24) is 15.0 Å². The van der Waals surface area contributed by atoms with Gasteiger partial charge in [0.25, 0.3) is 0 Å². The molecule has 2 N–H and O–H groups in total. The van der Waals surface area contributed by atoms with Crippen molar-refractivity contribution in [3.8, 4) is 0 Å². The number of nitrogens with zero attached hydrogens (tertiary/aromatic N) is 3. The zero-order valence-corrected chi connectivity index (χ0v) is 7.73. The van der Waals surface area contributed by atoms with Gasteiger partial charge in [0.1, 0.15) is 0 Å². The first-order valence-electron chi connectivity index (χ1n) is 4.50. The lowest BCUT2D eigenvalue weighted by Gasteiger charge is -2.06. The molecule has 1 aromatic rings. The number of hydrogen-bond acceptors (Lipinski definition) is 5. The Labute approximate surface area is 76.9 Å². The molecule has 2 heterocycles. The van der Waals surface area contributed by atoms with E-state index in [-0.39, 0.29) is 6.01 Å². The average molecular weight is 182 g/mol. The summed E-state index contributed by atoms with van der Waals surface area (Å²) >= 11 is 0. The SMILES string of the molecule is CN1CCC(Cc2noc(N)n2)C1. The predicted molar refractivity (Wildman–Crippen MR) is 48.0 cm³/mol. The first kappa shape index (κ1) is 8.50. The van der Waals surface area contributed by atoms with Crippen molar-refractivity contribution in [3.05, 3.63) is 5.82 Å². The number of nitrogens with two attached hydrogens (primary N) is 1. The number of anilines is 1. The second kappa shape index (κ2) is 3.33. The van der Waals surface area contributed by atoms with E-state index in [0.717, 1.165) is 25.3 Å². The smallest absolute Gasteiger partial charge is 0.318 e. The molecule has 0 aromatic carbocycles. The molecule has 1 aromatic heterocycles. The Balaban J connectivity index is 1.91. The van der Waals surface area contributed by atoms with E-state index in [2.05, 4.69) is 22.1 Å². The second-order valence-corrected chi connectivity index (χ2v) is 3.67. The Kier molecular flexibility index (Phi) is 2.18. The summed E-state index contributed by atoms with van der Waals surface area (Å²) in [4.78, 5) is 6.29. The Hall–Kier alpha value is -1.10. The van der Waals surface area contributed by atoms with Gasteiger partial charge in [0.15, 0.2) is 5.82 Å². The molecule has 1 saturated heterocycles. The quantitative estimate of drug-likeness (QED) is 0.705. The van der Waals surface area contributed by atoms with Crippen molar-refractivity contribution >= 4 is 6.01 Å². The van der Waals surface area contributed by atoms with Crippen LogP contribution < -0.4 is 5.73 Å². The van der Waals surface area contributed by atoms with Crippen LogP contribution in [-0.2, 0) is 6.42 Å². The zero-order valence-electron chi connectivity index (χ0n) is 7.73. The van der Waals surface area contributed by atoms with Crippen LogP contribution in [0, 0.1) is 5.92 Å². The van der Waals surface area contributed by atoms with Gasteiger partial charge in [0.05, 0.1) is 0 Å². The van der Waals surface area contributed by atoms with Crippen LogP contribution in [0.4, 0.5) is 6.01 Å². The molecule has 0 spiro atoms. The third kappa shape index (κ3) is 1.98. The Morgan fingerprint density at radius 2 is 2.54 bits per heavy atom. The maximum atomic E-state index is 5.33. The molecule has 0 bridgehead atoms. The molecule has 0 radical (unpaired) electrons. The topological polar surface area (TPSA) is 68.2 Å². The van der Waals surface area contributed by atoms with Crippen LogP contribution in [0.25, 0.3) is 0 Å². The van der Waals surface area contributed by atoms with E-state index in [1.807, 2.05) is 0 Å². The molecule has 5 nitrogen and oxygen atoms in total. The monoisotopic (exact) mass is 182 g/mol. The summed E-state index contributed by atoms with van der Waals surface area (Å²) in [5.41, 5.74) is 5.33. The Morgan fingerprint density at radius 1 is 1.69 bits per heavy atom. The number of likely N-dealkylation sites (tertiary alicyclic amines) is 1. The van der Waals surface area contributed by atoms with E-state index >= 15 is 0 Å². The van der Waals surface area contributed by atoms with Crippen molar-refractivity contribution < 1.29 is 4.52 Å². The third-order valence-corrected chi connectivity index (χ3v) is 2.44. The normalized spacial score (nSPS) is 23.9. The predicted octanol–water partition coefficient (Wildman–Crippen LogP) is 0.146. The van der Waals surface area contributed by atoms with Gasteiger partial charge in [-0.25, -0.2) is 0 Å². The molecule has 1 unspecified atom stereocenters. The highest BCUT2D eigenvalue weighted by Gasteiger charge is 2.21. The van der Waals surface area contributed by atoms with Gasteiger partial charge in [0, 0.05) is 13.0 Å².